The Kier molecular flexibility index (Phi) is 4.06. The summed E-state index contributed by atoms with van der Waals surface area (Å²) in [4.78, 5) is 4.92. The molecule has 1 aliphatic heterocycles. The van der Waals surface area contributed by atoms with Crippen molar-refractivity contribution in [3.8, 4) is 0 Å². The van der Waals surface area contributed by atoms with Crippen LogP contribution in [0.2, 0.25) is 0 Å². The third-order valence-corrected chi connectivity index (χ3v) is 5.01. The highest BCUT2D eigenvalue weighted by molar-refractivity contribution is 8.13. The van der Waals surface area contributed by atoms with Gasteiger partial charge in [-0.25, -0.2) is 0 Å². The van der Waals surface area contributed by atoms with Crippen LogP contribution in [0.15, 0.2) is 4.99 Å². The van der Waals surface area contributed by atoms with E-state index in [1.807, 2.05) is 11.8 Å². The first-order chi connectivity index (χ1) is 7.97. The first-order valence-electron chi connectivity index (χ1n) is 6.94. The van der Waals surface area contributed by atoms with Gasteiger partial charge in [0.05, 0.1) is 6.04 Å². The van der Waals surface area contributed by atoms with E-state index < -0.39 is 0 Å². The molecule has 0 amide bonds. The highest BCUT2D eigenvalue weighted by Gasteiger charge is 2.29. The van der Waals surface area contributed by atoms with Crippen molar-refractivity contribution in [1.82, 2.24) is 5.32 Å². The second kappa shape index (κ2) is 5.21. The van der Waals surface area contributed by atoms with Crippen molar-refractivity contribution in [2.24, 2.45) is 16.3 Å². The van der Waals surface area contributed by atoms with Gasteiger partial charge in [-0.3, -0.25) is 4.99 Å². The van der Waals surface area contributed by atoms with Crippen molar-refractivity contribution in [3.63, 3.8) is 0 Å². The first-order valence-corrected chi connectivity index (χ1v) is 7.92. The maximum atomic E-state index is 4.92. The molecule has 1 aliphatic carbocycles. The molecule has 0 spiro atoms. The second-order valence-corrected chi connectivity index (χ2v) is 7.70. The van der Waals surface area contributed by atoms with E-state index in [9.17, 15) is 0 Å². The van der Waals surface area contributed by atoms with Crippen LogP contribution >= 0.6 is 11.8 Å². The lowest BCUT2D eigenvalue weighted by atomic mass is 9.85. The fourth-order valence-corrected chi connectivity index (χ4v) is 3.71. The summed E-state index contributed by atoms with van der Waals surface area (Å²) in [5.74, 6) is 2.03. The molecule has 1 N–H and O–H groups in total. The number of aliphatic imine (C=N–C) groups is 1. The number of nitrogens with one attached hydrogen (secondary N) is 1. The molecule has 3 atom stereocenters. The van der Waals surface area contributed by atoms with Crippen LogP contribution in [0, 0.1) is 11.3 Å². The van der Waals surface area contributed by atoms with Crippen LogP contribution in [0.3, 0.4) is 0 Å². The van der Waals surface area contributed by atoms with Crippen molar-refractivity contribution >= 4 is 16.9 Å². The van der Waals surface area contributed by atoms with Crippen molar-refractivity contribution in [1.29, 1.82) is 0 Å². The maximum absolute atomic E-state index is 4.92. The Bertz CT molecular complexity index is 293. The molecule has 1 fully saturated rings. The fourth-order valence-electron chi connectivity index (χ4n) is 2.73. The Labute approximate surface area is 110 Å². The van der Waals surface area contributed by atoms with Gasteiger partial charge in [0.1, 0.15) is 0 Å². The lowest BCUT2D eigenvalue weighted by molar-refractivity contribution is 0.315. The Morgan fingerprint density at radius 2 is 2.00 bits per heavy atom. The van der Waals surface area contributed by atoms with Crippen LogP contribution < -0.4 is 5.32 Å². The van der Waals surface area contributed by atoms with Crippen molar-refractivity contribution in [3.05, 3.63) is 0 Å². The van der Waals surface area contributed by atoms with E-state index in [2.05, 4.69) is 33.0 Å². The van der Waals surface area contributed by atoms with Gasteiger partial charge in [-0.1, -0.05) is 45.9 Å². The highest BCUT2D eigenvalue weighted by Crippen LogP contribution is 2.31. The van der Waals surface area contributed by atoms with E-state index in [4.69, 9.17) is 4.99 Å². The molecular formula is C14H26N2S. The van der Waals surface area contributed by atoms with Gasteiger partial charge >= 0.3 is 0 Å². The van der Waals surface area contributed by atoms with Crippen LogP contribution in [0.5, 0.6) is 0 Å². The zero-order valence-corrected chi connectivity index (χ0v) is 12.4. The van der Waals surface area contributed by atoms with E-state index in [1.54, 1.807) is 0 Å². The third kappa shape index (κ3) is 3.40. The quantitative estimate of drug-likeness (QED) is 0.772. The molecule has 0 aromatic heterocycles. The van der Waals surface area contributed by atoms with Crippen molar-refractivity contribution < 1.29 is 0 Å². The molecule has 3 unspecified atom stereocenters. The summed E-state index contributed by atoms with van der Waals surface area (Å²) in [7, 11) is 0. The van der Waals surface area contributed by atoms with E-state index in [0.717, 1.165) is 5.92 Å². The number of hydrogen-bond acceptors (Lipinski definition) is 3. The average molecular weight is 254 g/mol. The summed E-state index contributed by atoms with van der Waals surface area (Å²) in [6.45, 7) is 9.26. The molecular weight excluding hydrogens is 228 g/mol. The zero-order chi connectivity index (χ0) is 12.5. The lowest BCUT2D eigenvalue weighted by Gasteiger charge is -2.32. The van der Waals surface area contributed by atoms with Crippen LogP contribution in [0.4, 0.5) is 0 Å². The van der Waals surface area contributed by atoms with E-state index >= 15 is 0 Å². The normalized spacial score (nSPS) is 34.6. The molecule has 0 aromatic carbocycles. The minimum absolute atomic E-state index is 0.301. The van der Waals surface area contributed by atoms with Crippen LogP contribution in [-0.4, -0.2) is 23.0 Å². The molecule has 98 valence electrons. The van der Waals surface area contributed by atoms with Crippen LogP contribution in [0.25, 0.3) is 0 Å². The molecule has 2 nitrogen and oxygen atoms in total. The smallest absolute Gasteiger partial charge is 0.157 e. The number of thioether (sulfide) groups is 1. The van der Waals surface area contributed by atoms with Crippen LogP contribution in [-0.2, 0) is 0 Å². The summed E-state index contributed by atoms with van der Waals surface area (Å²) in [6.07, 6.45) is 5.29. The summed E-state index contributed by atoms with van der Waals surface area (Å²) >= 11 is 1.91. The molecule has 0 bridgehead atoms. The fraction of sp³-hybridized carbons (Fsp3) is 0.929. The molecule has 3 heteroatoms. The maximum Gasteiger partial charge on any atom is 0.157 e. The predicted octanol–water partition coefficient (Wildman–Crippen LogP) is 3.67. The Balaban J connectivity index is 1.98. The lowest BCUT2D eigenvalue weighted by Crippen LogP contribution is -2.39. The summed E-state index contributed by atoms with van der Waals surface area (Å²) < 4.78 is 0. The van der Waals surface area contributed by atoms with Gasteiger partial charge < -0.3 is 5.32 Å². The monoisotopic (exact) mass is 254 g/mol. The van der Waals surface area contributed by atoms with Gasteiger partial charge in [0, 0.05) is 11.8 Å². The molecule has 17 heavy (non-hydrogen) atoms. The van der Waals surface area contributed by atoms with Gasteiger partial charge in [-0.2, -0.15) is 0 Å². The topological polar surface area (TPSA) is 24.4 Å². The van der Waals surface area contributed by atoms with Gasteiger partial charge in [0.15, 0.2) is 5.17 Å². The third-order valence-electron chi connectivity index (χ3n) is 4.07. The molecule has 2 aliphatic rings. The predicted molar refractivity (Wildman–Crippen MR) is 77.7 cm³/mol. The zero-order valence-electron chi connectivity index (χ0n) is 11.6. The van der Waals surface area contributed by atoms with Gasteiger partial charge in [-0.15, -0.1) is 0 Å². The molecule has 0 saturated heterocycles. The minimum atomic E-state index is 0.301. The van der Waals surface area contributed by atoms with Crippen molar-refractivity contribution in [2.75, 3.05) is 5.75 Å². The standard InChI is InChI=1S/C14H26N2S/c1-10-6-5-7-11(10)15-13-16-12(8-9-17-13)14(2,3)4/h10-12H,5-9H2,1-4H3,(H,15,16). The van der Waals surface area contributed by atoms with Gasteiger partial charge in [0.2, 0.25) is 0 Å². The first kappa shape index (κ1) is 13.3. The molecule has 0 radical (unpaired) electrons. The SMILES string of the molecule is CC1CCCC1NC1=NC(C(C)(C)C)CCS1. The Morgan fingerprint density at radius 3 is 2.59 bits per heavy atom. The number of amidine groups is 1. The van der Waals surface area contributed by atoms with Crippen molar-refractivity contribution in [2.45, 2.75) is 65.5 Å². The Hall–Kier alpha value is -0.180. The second-order valence-electron chi connectivity index (χ2n) is 6.61. The molecule has 1 saturated carbocycles. The van der Waals surface area contributed by atoms with Gasteiger partial charge in [0.25, 0.3) is 0 Å². The Morgan fingerprint density at radius 1 is 1.24 bits per heavy atom. The summed E-state index contributed by atoms with van der Waals surface area (Å²) in [6, 6.07) is 1.16. The molecule has 1 heterocycles. The van der Waals surface area contributed by atoms with Gasteiger partial charge in [-0.05, 0) is 30.6 Å². The highest BCUT2D eigenvalue weighted by atomic mass is 32.2. The minimum Gasteiger partial charge on any atom is -0.362 e. The van der Waals surface area contributed by atoms with E-state index in [1.165, 1.54) is 36.6 Å². The molecule has 2 rings (SSSR count). The summed E-state index contributed by atoms with van der Waals surface area (Å²) in [5, 5.41) is 4.89. The molecule has 0 aromatic rings. The van der Waals surface area contributed by atoms with E-state index in [0.29, 0.717) is 17.5 Å². The number of nitrogens with zero attached hydrogens (tertiary/aromatic N) is 1. The number of rotatable bonds is 1. The average Bonchev–Trinajstić information content (AvgIpc) is 2.64. The summed E-state index contributed by atoms with van der Waals surface area (Å²) in [5.41, 5.74) is 0.301. The van der Waals surface area contributed by atoms with E-state index in [-0.39, 0.29) is 0 Å². The van der Waals surface area contributed by atoms with Crippen LogP contribution in [0.1, 0.15) is 53.4 Å². The number of hydrogen-bond donors (Lipinski definition) is 1. The largest absolute Gasteiger partial charge is 0.362 e.